The predicted octanol–water partition coefficient (Wildman–Crippen LogP) is -4.59. The van der Waals surface area contributed by atoms with Crippen LogP contribution >= 0.6 is 0 Å². The number of likely N-dealkylation sites (N-methyl/N-ethyl adjacent to an activating group) is 1. The minimum absolute atomic E-state index is 0.0630. The maximum atomic E-state index is 11.3. The highest BCUT2D eigenvalue weighted by atomic mass is 16.7. The van der Waals surface area contributed by atoms with Crippen molar-refractivity contribution in [3.8, 4) is 0 Å². The topological polar surface area (TPSA) is 246 Å². The number of ether oxygens (including phenoxy) is 4. The van der Waals surface area contributed by atoms with E-state index < -0.39 is 73.4 Å². The molecule has 0 amide bonds. The Hall–Kier alpha value is -1.01. The first kappa shape index (κ1) is 28.6. The summed E-state index contributed by atoms with van der Waals surface area (Å²) >= 11 is 0. The number of nitrogens with zero attached hydrogens (tertiary/aromatic N) is 1. The van der Waals surface area contributed by atoms with Crippen LogP contribution in [0.1, 0.15) is 26.2 Å². The minimum Gasteiger partial charge on any atom is -0.388 e. The molecule has 3 aliphatic rings. The largest absolute Gasteiger partial charge is 0.388 e. The number of amidine groups is 1. The van der Waals surface area contributed by atoms with Crippen LogP contribution < -0.4 is 28.3 Å². The van der Waals surface area contributed by atoms with Gasteiger partial charge in [-0.05, 0) is 33.2 Å². The quantitative estimate of drug-likeness (QED) is 0.111. The van der Waals surface area contributed by atoms with E-state index in [1.54, 1.807) is 7.05 Å². The van der Waals surface area contributed by atoms with Gasteiger partial charge in [-0.3, -0.25) is 4.99 Å². The van der Waals surface area contributed by atoms with Crippen molar-refractivity contribution < 1.29 is 39.4 Å². The number of nitrogens with two attached hydrogens (primary N) is 4. The van der Waals surface area contributed by atoms with Crippen molar-refractivity contribution >= 4 is 5.84 Å². The van der Waals surface area contributed by atoms with Gasteiger partial charge in [-0.1, -0.05) is 0 Å². The Morgan fingerprint density at radius 3 is 2.43 bits per heavy atom. The lowest BCUT2D eigenvalue weighted by atomic mass is 9.83. The normalized spacial score (nSPS) is 47.6. The second kappa shape index (κ2) is 12.0. The number of aliphatic hydroxyl groups excluding tert-OH is 3. The van der Waals surface area contributed by atoms with Crippen LogP contribution in [0.25, 0.3) is 0 Å². The van der Waals surface area contributed by atoms with Gasteiger partial charge < -0.3 is 67.6 Å². The Bertz CT molecular complexity index is 717. The van der Waals surface area contributed by atoms with Crippen molar-refractivity contribution in [1.82, 2.24) is 5.32 Å². The van der Waals surface area contributed by atoms with E-state index in [0.29, 0.717) is 19.4 Å². The third-order valence-electron chi connectivity index (χ3n) is 6.97. The molecule has 2 saturated heterocycles. The Morgan fingerprint density at radius 2 is 1.80 bits per heavy atom. The second-order valence-electron chi connectivity index (χ2n) is 9.83. The molecule has 1 saturated carbocycles. The van der Waals surface area contributed by atoms with E-state index in [1.807, 2.05) is 0 Å². The zero-order chi connectivity index (χ0) is 25.9. The summed E-state index contributed by atoms with van der Waals surface area (Å²) in [7, 11) is 1.60. The summed E-state index contributed by atoms with van der Waals surface area (Å²) in [6, 6.07) is -2.65. The lowest BCUT2D eigenvalue weighted by molar-refractivity contribution is -0.306. The van der Waals surface area contributed by atoms with Crippen molar-refractivity contribution in [3.63, 3.8) is 0 Å². The Labute approximate surface area is 204 Å². The van der Waals surface area contributed by atoms with Crippen LogP contribution in [0.5, 0.6) is 0 Å². The van der Waals surface area contributed by atoms with E-state index in [2.05, 4.69) is 10.3 Å². The van der Waals surface area contributed by atoms with Gasteiger partial charge in [0.2, 0.25) is 0 Å². The zero-order valence-electron chi connectivity index (χ0n) is 20.3. The molecular formula is C21H42N6O8. The Balaban J connectivity index is 1.81. The lowest BCUT2D eigenvalue weighted by Crippen LogP contribution is -2.67. The summed E-state index contributed by atoms with van der Waals surface area (Å²) < 4.78 is 23.5. The first-order chi connectivity index (χ1) is 16.5. The van der Waals surface area contributed by atoms with Crippen molar-refractivity contribution in [2.24, 2.45) is 27.9 Å². The Morgan fingerprint density at radius 1 is 1.11 bits per heavy atom. The van der Waals surface area contributed by atoms with Crippen LogP contribution in [0.3, 0.4) is 0 Å². The zero-order valence-corrected chi connectivity index (χ0v) is 20.3. The number of hydrogen-bond acceptors (Lipinski definition) is 13. The molecular weight excluding hydrogens is 464 g/mol. The SMILES string of the molecule is CN[C@@H]1C(O)[C@@H](OC2C(O)C(OC3O[C@H](CN)CCC3N)[C@@H](N)C[C@H]2N=C(N)CO)OCC1(C)O. The van der Waals surface area contributed by atoms with Crippen LogP contribution in [0.4, 0.5) is 0 Å². The molecule has 0 bridgehead atoms. The highest BCUT2D eigenvalue weighted by Gasteiger charge is 2.51. The summed E-state index contributed by atoms with van der Waals surface area (Å²) in [5.41, 5.74) is 22.7. The molecule has 3 fully saturated rings. The minimum atomic E-state index is -1.35. The van der Waals surface area contributed by atoms with E-state index in [1.165, 1.54) is 6.92 Å². The third-order valence-corrected chi connectivity index (χ3v) is 6.97. The van der Waals surface area contributed by atoms with E-state index in [9.17, 15) is 20.4 Å². The molecule has 0 radical (unpaired) electrons. The van der Waals surface area contributed by atoms with Crippen molar-refractivity contribution in [3.05, 3.63) is 0 Å². The molecule has 13 N–H and O–H groups in total. The standard InChI is InChI=1S/C21H42N6O8/c1-21(31)8-32-20(15(30)18(21)26-2)35-17-12(27-13(25)7-28)5-11(24)16(14(17)29)34-19-10(23)4-3-9(6-22)33-19/h9-12,14-20,26,28-31H,3-8,22-24H2,1-2H3,(H2,25,27)/t9-,10?,11-,12+,14?,15?,16?,17?,18+,19?,20+,21?/m0/s1. The van der Waals surface area contributed by atoms with Crippen molar-refractivity contribution in [2.75, 3.05) is 26.8 Å². The number of hydrogen-bond donors (Lipinski definition) is 9. The molecule has 2 aliphatic heterocycles. The fraction of sp³-hybridized carbons (Fsp3) is 0.952. The fourth-order valence-corrected chi connectivity index (χ4v) is 5.00. The van der Waals surface area contributed by atoms with Gasteiger partial charge in [-0.2, -0.15) is 0 Å². The molecule has 2 heterocycles. The summed E-state index contributed by atoms with van der Waals surface area (Å²) in [6.45, 7) is 1.22. The smallest absolute Gasteiger partial charge is 0.185 e. The van der Waals surface area contributed by atoms with Gasteiger partial charge in [0.25, 0.3) is 0 Å². The molecule has 0 spiro atoms. The molecule has 0 aromatic rings. The summed E-state index contributed by atoms with van der Waals surface area (Å²) in [6.07, 6.45) is -5.35. The van der Waals surface area contributed by atoms with Crippen LogP contribution in [0.2, 0.25) is 0 Å². The predicted molar refractivity (Wildman–Crippen MR) is 125 cm³/mol. The molecule has 14 heteroatoms. The maximum absolute atomic E-state index is 11.3. The van der Waals surface area contributed by atoms with E-state index in [0.717, 1.165) is 0 Å². The van der Waals surface area contributed by atoms with Crippen molar-refractivity contribution in [2.45, 2.75) is 99.1 Å². The molecule has 204 valence electrons. The molecule has 1 aliphatic carbocycles. The number of rotatable bonds is 8. The number of nitrogens with one attached hydrogen (secondary N) is 1. The first-order valence-corrected chi connectivity index (χ1v) is 12.0. The molecule has 0 aromatic heterocycles. The first-order valence-electron chi connectivity index (χ1n) is 12.0. The molecule has 3 rings (SSSR count). The van der Waals surface area contributed by atoms with E-state index >= 15 is 0 Å². The van der Waals surface area contributed by atoms with Gasteiger partial charge in [0.15, 0.2) is 12.6 Å². The van der Waals surface area contributed by atoms with E-state index in [4.69, 9.17) is 41.9 Å². The average Bonchev–Trinajstić information content (AvgIpc) is 2.81. The van der Waals surface area contributed by atoms with Crippen LogP contribution in [-0.4, -0.2) is 126 Å². The average molecular weight is 507 g/mol. The number of aliphatic hydroxyl groups is 4. The summed E-state index contributed by atoms with van der Waals surface area (Å²) in [5.74, 6) is -0.0630. The van der Waals surface area contributed by atoms with Crippen LogP contribution in [0.15, 0.2) is 4.99 Å². The van der Waals surface area contributed by atoms with Crippen molar-refractivity contribution in [1.29, 1.82) is 0 Å². The Kier molecular flexibility index (Phi) is 9.81. The van der Waals surface area contributed by atoms with Crippen LogP contribution in [-0.2, 0) is 18.9 Å². The van der Waals surface area contributed by atoms with Gasteiger partial charge in [-0.15, -0.1) is 0 Å². The second-order valence-corrected chi connectivity index (χ2v) is 9.83. The molecule has 0 aromatic carbocycles. The summed E-state index contributed by atoms with van der Waals surface area (Å²) in [4.78, 5) is 4.27. The highest BCUT2D eigenvalue weighted by molar-refractivity contribution is 5.81. The van der Waals surface area contributed by atoms with Crippen LogP contribution in [0, 0.1) is 0 Å². The van der Waals surface area contributed by atoms with Gasteiger partial charge in [-0.25, -0.2) is 0 Å². The molecule has 35 heavy (non-hydrogen) atoms. The van der Waals surface area contributed by atoms with Gasteiger partial charge in [0.1, 0.15) is 42.5 Å². The lowest BCUT2D eigenvalue weighted by Gasteiger charge is -2.48. The molecule has 7 unspecified atom stereocenters. The van der Waals surface area contributed by atoms with E-state index in [-0.39, 0.29) is 25.0 Å². The number of aliphatic imine (C=N–C) groups is 1. The summed E-state index contributed by atoms with van der Waals surface area (Å²) in [5, 5.41) is 44.9. The maximum Gasteiger partial charge on any atom is 0.185 e. The van der Waals surface area contributed by atoms with Gasteiger partial charge in [0, 0.05) is 12.6 Å². The molecule has 14 nitrogen and oxygen atoms in total. The highest BCUT2D eigenvalue weighted by Crippen LogP contribution is 2.33. The fourth-order valence-electron chi connectivity index (χ4n) is 5.00. The van der Waals surface area contributed by atoms with Gasteiger partial charge in [0.05, 0.1) is 30.8 Å². The molecule has 12 atom stereocenters. The monoisotopic (exact) mass is 506 g/mol. The third kappa shape index (κ3) is 6.47. The van der Waals surface area contributed by atoms with Gasteiger partial charge >= 0.3 is 0 Å².